The van der Waals surface area contributed by atoms with Gasteiger partial charge in [-0.3, -0.25) is 9.59 Å². The quantitative estimate of drug-likeness (QED) is 0.225. The summed E-state index contributed by atoms with van der Waals surface area (Å²) in [6, 6.07) is 24.1. The van der Waals surface area contributed by atoms with Crippen LogP contribution in [0, 0.1) is 0 Å². The van der Waals surface area contributed by atoms with Crippen molar-refractivity contribution in [1.82, 2.24) is 4.90 Å². The van der Waals surface area contributed by atoms with E-state index in [9.17, 15) is 9.59 Å². The molecular weight excluding hydrogens is 535 g/mol. The fraction of sp³-hybridized carbons (Fsp3) is 0.194. The Hall–Kier alpha value is -3.12. The number of amidine groups is 1. The lowest BCUT2D eigenvalue weighted by Gasteiger charge is -2.27. The molecule has 5 rings (SSSR count). The predicted molar refractivity (Wildman–Crippen MR) is 159 cm³/mol. The molecule has 0 saturated carbocycles. The van der Waals surface area contributed by atoms with E-state index in [0.717, 1.165) is 53.4 Å². The molecule has 2 aliphatic rings. The number of amides is 1. The van der Waals surface area contributed by atoms with Crippen LogP contribution >= 0.6 is 35.0 Å². The van der Waals surface area contributed by atoms with Gasteiger partial charge in [0.1, 0.15) is 0 Å². The van der Waals surface area contributed by atoms with Gasteiger partial charge in [-0.25, -0.2) is 0 Å². The summed E-state index contributed by atoms with van der Waals surface area (Å²) >= 11 is 13.6. The Labute approximate surface area is 237 Å². The Morgan fingerprint density at radius 1 is 0.816 bits per heavy atom. The third kappa shape index (κ3) is 6.29. The molecule has 3 aromatic rings. The summed E-state index contributed by atoms with van der Waals surface area (Å²) in [5.74, 6) is -0.291. The van der Waals surface area contributed by atoms with Gasteiger partial charge < -0.3 is 4.90 Å². The fourth-order valence-electron chi connectivity index (χ4n) is 4.57. The second kappa shape index (κ2) is 12.2. The molecule has 1 saturated heterocycles. The highest BCUT2D eigenvalue weighted by Gasteiger charge is 2.30. The van der Waals surface area contributed by atoms with Gasteiger partial charge in [-0.15, -0.1) is 0 Å². The van der Waals surface area contributed by atoms with Crippen LogP contribution in [-0.2, 0) is 4.79 Å². The number of halogens is 2. The fourth-order valence-corrected chi connectivity index (χ4v) is 5.86. The zero-order valence-electron chi connectivity index (χ0n) is 20.7. The molecule has 2 aliphatic heterocycles. The van der Waals surface area contributed by atoms with Crippen molar-refractivity contribution in [2.24, 2.45) is 4.99 Å². The normalized spacial score (nSPS) is 17.4. The minimum absolute atomic E-state index is 0.0344. The van der Waals surface area contributed by atoms with Gasteiger partial charge in [0.25, 0.3) is 5.91 Å². The van der Waals surface area contributed by atoms with Crippen molar-refractivity contribution in [2.75, 3.05) is 13.1 Å². The highest BCUT2D eigenvalue weighted by molar-refractivity contribution is 8.18. The van der Waals surface area contributed by atoms with E-state index in [0.29, 0.717) is 20.5 Å². The molecule has 0 aliphatic carbocycles. The van der Waals surface area contributed by atoms with Gasteiger partial charge in [0.15, 0.2) is 11.0 Å². The van der Waals surface area contributed by atoms with Gasteiger partial charge in [0.05, 0.1) is 4.91 Å². The van der Waals surface area contributed by atoms with Gasteiger partial charge in [-0.2, -0.15) is 4.99 Å². The molecule has 38 heavy (non-hydrogen) atoms. The molecule has 0 spiro atoms. The van der Waals surface area contributed by atoms with E-state index >= 15 is 0 Å². The average molecular weight is 562 g/mol. The number of hydrogen-bond acceptors (Lipinski definition) is 4. The Morgan fingerprint density at radius 2 is 1.42 bits per heavy atom. The van der Waals surface area contributed by atoms with Crippen LogP contribution in [0.4, 0.5) is 0 Å². The third-order valence-electron chi connectivity index (χ3n) is 6.59. The summed E-state index contributed by atoms with van der Waals surface area (Å²) in [6.45, 7) is 1.81. The molecule has 0 radical (unpaired) electrons. The maximum Gasteiger partial charge on any atom is 0.286 e. The number of hydrogen-bond donors (Lipinski definition) is 0. The van der Waals surface area contributed by atoms with Crippen LogP contribution in [0.3, 0.4) is 0 Å². The highest BCUT2D eigenvalue weighted by atomic mass is 35.5. The lowest BCUT2D eigenvalue weighted by molar-refractivity contribution is -0.113. The van der Waals surface area contributed by atoms with E-state index in [1.165, 1.54) is 18.2 Å². The van der Waals surface area contributed by atoms with Gasteiger partial charge >= 0.3 is 0 Å². The van der Waals surface area contributed by atoms with E-state index in [2.05, 4.69) is 9.89 Å². The minimum Gasteiger partial charge on any atom is -0.351 e. The molecule has 0 atom stereocenters. The lowest BCUT2D eigenvalue weighted by atomic mass is 9.93. The maximum absolute atomic E-state index is 13.3. The van der Waals surface area contributed by atoms with Gasteiger partial charge in [0, 0.05) is 40.7 Å². The number of likely N-dealkylation sites (tertiary alicyclic amines) is 1. The first-order valence-corrected chi connectivity index (χ1v) is 14.2. The van der Waals surface area contributed by atoms with Crippen molar-refractivity contribution in [3.05, 3.63) is 117 Å². The molecular formula is C31H26Cl2N2O2S. The standard InChI is InChI=1S/C31H26Cl2N2O2S/c32-25-13-9-22(10-14-25)27(29-30(37)34-31(38-29)35-17-5-2-6-18-35)19-24(21-7-3-1-4-8-21)20-28(36)23-11-15-26(33)16-12-23/h1,3-4,7-16,19H,2,5-6,17-18,20H2. The van der Waals surface area contributed by atoms with Crippen LogP contribution in [0.1, 0.15) is 47.2 Å². The molecule has 1 fully saturated rings. The van der Waals surface area contributed by atoms with Gasteiger partial charge in [-0.1, -0.05) is 65.7 Å². The summed E-state index contributed by atoms with van der Waals surface area (Å²) in [7, 11) is 0. The van der Waals surface area contributed by atoms with E-state index in [-0.39, 0.29) is 18.1 Å². The number of ketones is 1. The van der Waals surface area contributed by atoms with Crippen molar-refractivity contribution in [1.29, 1.82) is 0 Å². The van der Waals surface area contributed by atoms with Crippen LogP contribution in [0.5, 0.6) is 0 Å². The largest absolute Gasteiger partial charge is 0.351 e. The van der Waals surface area contributed by atoms with Crippen molar-refractivity contribution in [3.63, 3.8) is 0 Å². The van der Waals surface area contributed by atoms with Gasteiger partial charge in [0.2, 0.25) is 0 Å². The number of carbonyl (C=O) groups excluding carboxylic acids is 2. The Kier molecular flexibility index (Phi) is 8.48. The van der Waals surface area contributed by atoms with Crippen LogP contribution in [0.2, 0.25) is 10.0 Å². The van der Waals surface area contributed by atoms with Crippen molar-refractivity contribution >= 4 is 63.0 Å². The number of nitrogens with zero attached hydrogens (tertiary/aromatic N) is 2. The molecule has 2 heterocycles. The summed E-state index contributed by atoms with van der Waals surface area (Å²) in [6.07, 6.45) is 5.52. The molecule has 0 unspecified atom stereocenters. The van der Waals surface area contributed by atoms with Crippen molar-refractivity contribution in [3.8, 4) is 0 Å². The summed E-state index contributed by atoms with van der Waals surface area (Å²) in [5, 5.41) is 1.94. The number of thioether (sulfide) groups is 1. The first-order chi connectivity index (χ1) is 18.5. The number of rotatable bonds is 6. The van der Waals surface area contributed by atoms with E-state index in [1.807, 2.05) is 60.7 Å². The molecule has 1 amide bonds. The Bertz CT molecular complexity index is 1420. The number of allylic oxidation sites excluding steroid dienone is 3. The molecule has 7 heteroatoms. The summed E-state index contributed by atoms with van der Waals surface area (Å²) in [4.78, 5) is 33.8. The number of aliphatic imine (C=N–C) groups is 1. The lowest BCUT2D eigenvalue weighted by Crippen LogP contribution is -2.33. The van der Waals surface area contributed by atoms with Crippen LogP contribution in [0.15, 0.2) is 94.8 Å². The van der Waals surface area contributed by atoms with Gasteiger partial charge in [-0.05, 0) is 90.2 Å². The number of benzene rings is 3. The Morgan fingerprint density at radius 3 is 2.05 bits per heavy atom. The molecule has 0 aromatic heterocycles. The molecule has 192 valence electrons. The first kappa shape index (κ1) is 26.5. The number of piperidine rings is 1. The van der Waals surface area contributed by atoms with E-state index in [1.54, 1.807) is 24.3 Å². The Balaban J connectivity index is 1.58. The molecule has 4 nitrogen and oxygen atoms in total. The second-order valence-electron chi connectivity index (χ2n) is 9.24. The first-order valence-electron chi connectivity index (χ1n) is 12.6. The van der Waals surface area contributed by atoms with Crippen molar-refractivity contribution < 1.29 is 9.59 Å². The SMILES string of the molecule is O=C1N=C(N2CCCCC2)SC1=C(C=C(CC(=O)c1ccc(Cl)cc1)c1ccccc1)c1ccc(Cl)cc1. The van der Waals surface area contributed by atoms with E-state index in [4.69, 9.17) is 23.2 Å². The van der Waals surface area contributed by atoms with E-state index < -0.39 is 0 Å². The monoisotopic (exact) mass is 560 g/mol. The summed E-state index contributed by atoms with van der Waals surface area (Å²) < 4.78 is 0. The van der Waals surface area contributed by atoms with Crippen LogP contribution in [-0.4, -0.2) is 34.8 Å². The molecule has 0 bridgehead atoms. The number of Topliss-reactive ketones (excluding diaryl/α,β-unsaturated/α-hetero) is 1. The third-order valence-corrected chi connectivity index (χ3v) is 8.23. The topological polar surface area (TPSA) is 49.7 Å². The van der Waals surface area contributed by atoms with Crippen LogP contribution in [0.25, 0.3) is 11.1 Å². The highest BCUT2D eigenvalue weighted by Crippen LogP contribution is 2.38. The molecule has 3 aromatic carbocycles. The second-order valence-corrected chi connectivity index (χ2v) is 11.1. The predicted octanol–water partition coefficient (Wildman–Crippen LogP) is 8.18. The zero-order chi connectivity index (χ0) is 26.5. The average Bonchev–Trinajstić information content (AvgIpc) is 3.34. The molecule has 0 N–H and O–H groups in total. The maximum atomic E-state index is 13.3. The van der Waals surface area contributed by atoms with Crippen LogP contribution < -0.4 is 0 Å². The van der Waals surface area contributed by atoms with Crippen molar-refractivity contribution in [2.45, 2.75) is 25.7 Å². The zero-order valence-corrected chi connectivity index (χ0v) is 23.0. The smallest absolute Gasteiger partial charge is 0.286 e. The summed E-state index contributed by atoms with van der Waals surface area (Å²) in [5.41, 5.74) is 3.87. The number of carbonyl (C=O) groups is 2. The minimum atomic E-state index is -0.256.